The van der Waals surface area contributed by atoms with Crippen LogP contribution in [0.25, 0.3) is 21.1 Å². The highest BCUT2D eigenvalue weighted by Gasteiger charge is 2.18. The number of hydrogen-bond acceptors (Lipinski definition) is 2. The number of hydrogen-bond donors (Lipinski definition) is 1. The van der Waals surface area contributed by atoms with Gasteiger partial charge in [-0.2, -0.15) is 0 Å². The van der Waals surface area contributed by atoms with Gasteiger partial charge in [0.1, 0.15) is 11.3 Å². The third-order valence-electron chi connectivity index (χ3n) is 3.63. The Labute approximate surface area is 137 Å². The van der Waals surface area contributed by atoms with E-state index in [0.29, 0.717) is 22.5 Å². The van der Waals surface area contributed by atoms with E-state index in [1.165, 1.54) is 0 Å². The van der Waals surface area contributed by atoms with E-state index in [2.05, 4.69) is 9.97 Å². The van der Waals surface area contributed by atoms with E-state index >= 15 is 0 Å². The van der Waals surface area contributed by atoms with Crippen molar-refractivity contribution in [3.05, 3.63) is 63.5 Å². The number of rotatable bonds is 2. The predicted octanol–water partition coefficient (Wildman–Crippen LogP) is 5.44. The summed E-state index contributed by atoms with van der Waals surface area (Å²) in [5.41, 5.74) is 1.54. The summed E-state index contributed by atoms with van der Waals surface area (Å²) >= 11 is 6.97. The molecule has 0 unspecified atom stereocenters. The molecule has 1 N–H and O–H groups in total. The Balaban J connectivity index is 1.80. The molecule has 0 aliphatic heterocycles. The minimum absolute atomic E-state index is 0.0294. The molecule has 2 heterocycles. The minimum atomic E-state index is -1.23. The van der Waals surface area contributed by atoms with Gasteiger partial charge in [0.15, 0.2) is 11.6 Å². The lowest BCUT2D eigenvalue weighted by atomic mass is 10.1. The lowest BCUT2D eigenvalue weighted by molar-refractivity contribution is 0.504. The quantitative estimate of drug-likeness (QED) is 0.478. The molecule has 7 heteroatoms. The van der Waals surface area contributed by atoms with Crippen molar-refractivity contribution >= 4 is 44.1 Å². The van der Waals surface area contributed by atoms with Crippen molar-refractivity contribution in [1.29, 1.82) is 0 Å². The van der Waals surface area contributed by atoms with Crippen molar-refractivity contribution in [2.75, 3.05) is 0 Å². The molecule has 0 fully saturated rings. The zero-order valence-electron chi connectivity index (χ0n) is 11.5. The third kappa shape index (κ3) is 2.38. The topological polar surface area (TPSA) is 28.7 Å². The lowest BCUT2D eigenvalue weighted by Crippen LogP contribution is -1.89. The van der Waals surface area contributed by atoms with E-state index in [0.717, 1.165) is 27.8 Å². The molecule has 4 aromatic rings. The molecular weight excluding hydrogens is 345 g/mol. The van der Waals surface area contributed by atoms with Crippen LogP contribution in [0.3, 0.4) is 0 Å². The van der Waals surface area contributed by atoms with Crippen LogP contribution in [0.2, 0.25) is 5.02 Å². The van der Waals surface area contributed by atoms with Crippen molar-refractivity contribution in [2.24, 2.45) is 0 Å². The fourth-order valence-corrected chi connectivity index (χ4v) is 3.73. The van der Waals surface area contributed by atoms with Crippen LogP contribution in [-0.2, 0) is 6.42 Å². The molecule has 2 nitrogen and oxygen atoms in total. The second kappa shape index (κ2) is 5.25. The molecule has 0 saturated heterocycles. The zero-order chi connectivity index (χ0) is 16.1. The maximum Gasteiger partial charge on any atom is 0.186 e. The summed E-state index contributed by atoms with van der Waals surface area (Å²) in [6.07, 6.45) is 2.20. The number of nitrogens with zero attached hydrogens (tertiary/aromatic N) is 1. The predicted molar refractivity (Wildman–Crippen MR) is 85.6 cm³/mol. The van der Waals surface area contributed by atoms with Gasteiger partial charge in [0.25, 0.3) is 0 Å². The smallest absolute Gasteiger partial charge is 0.186 e. The second-order valence-electron chi connectivity index (χ2n) is 5.12. The molecule has 4 rings (SSSR count). The molecule has 0 atom stereocenters. The molecule has 2 aromatic heterocycles. The van der Waals surface area contributed by atoms with E-state index in [4.69, 9.17) is 11.6 Å². The number of thiazole rings is 1. The summed E-state index contributed by atoms with van der Waals surface area (Å²) in [6, 6.07) is 5.99. The van der Waals surface area contributed by atoms with Crippen LogP contribution in [0.15, 0.2) is 30.5 Å². The number of aromatic nitrogens is 2. The summed E-state index contributed by atoms with van der Waals surface area (Å²) < 4.78 is 40.8. The number of nitrogens with one attached hydrogen (secondary N) is 1. The van der Waals surface area contributed by atoms with Crippen molar-refractivity contribution in [2.45, 2.75) is 6.42 Å². The number of halogens is 4. The van der Waals surface area contributed by atoms with Crippen molar-refractivity contribution in [3.63, 3.8) is 0 Å². The fraction of sp³-hybridized carbons (Fsp3) is 0.0625. The Morgan fingerprint density at radius 3 is 2.78 bits per heavy atom. The van der Waals surface area contributed by atoms with Gasteiger partial charge in [-0.15, -0.1) is 11.3 Å². The van der Waals surface area contributed by atoms with Crippen LogP contribution in [0.1, 0.15) is 10.6 Å². The number of benzene rings is 2. The van der Waals surface area contributed by atoms with Gasteiger partial charge < -0.3 is 4.98 Å². The first-order valence-corrected chi connectivity index (χ1v) is 7.91. The Hall–Kier alpha value is -2.05. The molecule has 0 saturated carbocycles. The molecule has 2 aromatic carbocycles. The van der Waals surface area contributed by atoms with Gasteiger partial charge in [-0.25, -0.2) is 18.2 Å². The second-order valence-corrected chi connectivity index (χ2v) is 6.64. The van der Waals surface area contributed by atoms with E-state index < -0.39 is 17.5 Å². The van der Waals surface area contributed by atoms with Gasteiger partial charge in [-0.1, -0.05) is 17.7 Å². The summed E-state index contributed by atoms with van der Waals surface area (Å²) in [5, 5.41) is 2.09. The first-order chi connectivity index (χ1) is 11.0. The average Bonchev–Trinajstić information content (AvgIpc) is 3.10. The van der Waals surface area contributed by atoms with Crippen LogP contribution in [0.5, 0.6) is 0 Å². The van der Waals surface area contributed by atoms with E-state index in [1.807, 2.05) is 6.07 Å². The summed E-state index contributed by atoms with van der Waals surface area (Å²) in [5.74, 6) is -3.14. The largest absolute Gasteiger partial charge is 0.361 e. The Morgan fingerprint density at radius 1 is 1.13 bits per heavy atom. The monoisotopic (exact) mass is 352 g/mol. The van der Waals surface area contributed by atoms with E-state index in [9.17, 15) is 13.2 Å². The normalized spacial score (nSPS) is 11.7. The summed E-state index contributed by atoms with van der Waals surface area (Å²) in [6.45, 7) is 0. The van der Waals surface area contributed by atoms with E-state index in [1.54, 1.807) is 18.3 Å². The summed E-state index contributed by atoms with van der Waals surface area (Å²) in [4.78, 5) is 7.16. The highest BCUT2D eigenvalue weighted by molar-refractivity contribution is 7.18. The van der Waals surface area contributed by atoms with Gasteiger partial charge in [-0.05, 0) is 17.7 Å². The molecule has 0 radical (unpaired) electrons. The molecule has 0 aliphatic rings. The highest BCUT2D eigenvalue weighted by atomic mass is 35.5. The van der Waals surface area contributed by atoms with Crippen molar-refractivity contribution in [3.8, 4) is 0 Å². The molecule has 0 spiro atoms. The Bertz CT molecular complexity index is 1050. The van der Waals surface area contributed by atoms with Crippen LogP contribution >= 0.6 is 22.9 Å². The highest BCUT2D eigenvalue weighted by Crippen LogP contribution is 2.31. The fourth-order valence-electron chi connectivity index (χ4n) is 2.57. The van der Waals surface area contributed by atoms with Crippen LogP contribution < -0.4 is 0 Å². The first-order valence-electron chi connectivity index (χ1n) is 6.71. The van der Waals surface area contributed by atoms with Gasteiger partial charge in [-0.3, -0.25) is 0 Å². The standard InChI is InChI=1S/C16H8ClF3N2S/c17-8-1-2-9-7(6-21-12(9)4-8)3-13-22-15-14(20)10(18)5-11(19)16(15)23-13/h1-2,4-6,21H,3H2. The Morgan fingerprint density at radius 2 is 1.96 bits per heavy atom. The minimum Gasteiger partial charge on any atom is -0.361 e. The van der Waals surface area contributed by atoms with E-state index in [-0.39, 0.29) is 10.2 Å². The van der Waals surface area contributed by atoms with Crippen LogP contribution in [0, 0.1) is 17.5 Å². The lowest BCUT2D eigenvalue weighted by Gasteiger charge is -1.96. The SMILES string of the molecule is Fc1cc(F)c2sc(Cc3c[nH]c4cc(Cl)ccc34)nc2c1F. The molecule has 23 heavy (non-hydrogen) atoms. The van der Waals surface area contributed by atoms with Gasteiger partial charge >= 0.3 is 0 Å². The third-order valence-corrected chi connectivity index (χ3v) is 4.93. The molecule has 116 valence electrons. The Kier molecular flexibility index (Phi) is 3.32. The first kappa shape index (κ1) is 14.5. The molecular formula is C16H8ClF3N2S. The molecule has 0 bridgehead atoms. The van der Waals surface area contributed by atoms with Crippen molar-refractivity contribution in [1.82, 2.24) is 9.97 Å². The van der Waals surface area contributed by atoms with Crippen LogP contribution in [-0.4, -0.2) is 9.97 Å². The summed E-state index contributed by atoms with van der Waals surface area (Å²) in [7, 11) is 0. The number of fused-ring (bicyclic) bond motifs is 2. The van der Waals surface area contributed by atoms with Crippen LogP contribution in [0.4, 0.5) is 13.2 Å². The van der Waals surface area contributed by atoms with Crippen molar-refractivity contribution < 1.29 is 13.2 Å². The molecule has 0 amide bonds. The van der Waals surface area contributed by atoms with Gasteiger partial charge in [0.05, 0.1) is 9.71 Å². The van der Waals surface area contributed by atoms with Gasteiger partial charge in [0, 0.05) is 34.6 Å². The number of aromatic amines is 1. The number of H-pyrrole nitrogens is 1. The molecule has 0 aliphatic carbocycles. The maximum atomic E-state index is 13.8. The maximum absolute atomic E-state index is 13.8. The van der Waals surface area contributed by atoms with Gasteiger partial charge in [0.2, 0.25) is 0 Å². The zero-order valence-corrected chi connectivity index (χ0v) is 13.0. The average molecular weight is 353 g/mol.